The third-order valence-corrected chi connectivity index (χ3v) is 5.90. The van der Waals surface area contributed by atoms with E-state index in [-0.39, 0.29) is 11.7 Å². The summed E-state index contributed by atoms with van der Waals surface area (Å²) >= 11 is 6.26. The molecule has 3 nitrogen and oxygen atoms in total. The van der Waals surface area contributed by atoms with E-state index < -0.39 is 5.54 Å². The molecule has 1 unspecified atom stereocenters. The molecule has 1 amide bonds. The van der Waals surface area contributed by atoms with Gasteiger partial charge in [0.2, 0.25) is 5.91 Å². The SMILES string of the molecule is CCCN1CCCC2(CCCN2Cc2c(Cl)ccc(C)c2F)C1=O. The molecule has 2 saturated heterocycles. The molecule has 1 aromatic rings. The normalized spacial score (nSPS) is 25.0. The maximum atomic E-state index is 14.6. The minimum Gasteiger partial charge on any atom is -0.341 e. The number of carbonyl (C=O) groups excluding carboxylic acids is 1. The fourth-order valence-corrected chi connectivity index (χ4v) is 4.49. The van der Waals surface area contributed by atoms with Gasteiger partial charge in [-0.15, -0.1) is 0 Å². The lowest BCUT2D eigenvalue weighted by Crippen LogP contribution is -2.59. The Morgan fingerprint density at radius 3 is 2.67 bits per heavy atom. The van der Waals surface area contributed by atoms with Crippen LogP contribution in [0.4, 0.5) is 4.39 Å². The number of hydrogen-bond donors (Lipinski definition) is 0. The van der Waals surface area contributed by atoms with E-state index in [1.165, 1.54) is 0 Å². The Morgan fingerprint density at radius 2 is 1.96 bits per heavy atom. The van der Waals surface area contributed by atoms with Gasteiger partial charge in [0.25, 0.3) is 0 Å². The van der Waals surface area contributed by atoms with E-state index in [1.807, 2.05) is 4.90 Å². The van der Waals surface area contributed by atoms with Crippen LogP contribution in [0.2, 0.25) is 5.02 Å². The standard InChI is InChI=1S/C19H26ClFN2O/c1-3-10-22-11-4-8-19(18(22)24)9-5-12-23(19)13-15-16(20)7-6-14(2)17(15)21/h6-7H,3-5,8-13H2,1-2H3. The van der Waals surface area contributed by atoms with E-state index in [2.05, 4.69) is 11.8 Å². The van der Waals surface area contributed by atoms with Crippen LogP contribution < -0.4 is 0 Å². The number of nitrogens with zero attached hydrogens (tertiary/aromatic N) is 2. The van der Waals surface area contributed by atoms with Crippen molar-refractivity contribution in [1.82, 2.24) is 9.80 Å². The van der Waals surface area contributed by atoms with Gasteiger partial charge in [-0.25, -0.2) is 4.39 Å². The first kappa shape index (κ1) is 17.7. The minimum absolute atomic E-state index is 0.234. The summed E-state index contributed by atoms with van der Waals surface area (Å²) in [6.07, 6.45) is 4.72. The van der Waals surface area contributed by atoms with Crippen molar-refractivity contribution in [2.24, 2.45) is 0 Å². The molecule has 0 saturated carbocycles. The molecule has 1 spiro atoms. The summed E-state index contributed by atoms with van der Waals surface area (Å²) in [4.78, 5) is 17.3. The van der Waals surface area contributed by atoms with Crippen molar-refractivity contribution in [3.8, 4) is 0 Å². The topological polar surface area (TPSA) is 23.6 Å². The van der Waals surface area contributed by atoms with Crippen LogP contribution in [0.1, 0.15) is 50.2 Å². The van der Waals surface area contributed by atoms with Gasteiger partial charge in [0.15, 0.2) is 0 Å². The van der Waals surface area contributed by atoms with Gasteiger partial charge in [-0.05, 0) is 57.2 Å². The highest BCUT2D eigenvalue weighted by Gasteiger charge is 2.50. The molecular formula is C19H26ClFN2O. The highest BCUT2D eigenvalue weighted by atomic mass is 35.5. The number of likely N-dealkylation sites (tertiary alicyclic amines) is 2. The lowest BCUT2D eigenvalue weighted by molar-refractivity contribution is -0.147. The monoisotopic (exact) mass is 352 g/mol. The van der Waals surface area contributed by atoms with Crippen molar-refractivity contribution in [3.63, 3.8) is 0 Å². The van der Waals surface area contributed by atoms with Crippen LogP contribution in [0, 0.1) is 12.7 Å². The van der Waals surface area contributed by atoms with E-state index in [0.29, 0.717) is 22.7 Å². The molecule has 3 rings (SSSR count). The molecule has 2 fully saturated rings. The fraction of sp³-hybridized carbons (Fsp3) is 0.632. The zero-order valence-corrected chi connectivity index (χ0v) is 15.3. The number of aryl methyl sites for hydroxylation is 1. The lowest BCUT2D eigenvalue weighted by Gasteiger charge is -2.44. The summed E-state index contributed by atoms with van der Waals surface area (Å²) in [5.74, 6) is -0.00416. The summed E-state index contributed by atoms with van der Waals surface area (Å²) < 4.78 is 14.6. The number of carbonyl (C=O) groups is 1. The van der Waals surface area contributed by atoms with Crippen LogP contribution in [-0.2, 0) is 11.3 Å². The van der Waals surface area contributed by atoms with Crippen LogP contribution in [0.25, 0.3) is 0 Å². The highest BCUT2D eigenvalue weighted by molar-refractivity contribution is 6.31. The van der Waals surface area contributed by atoms with E-state index in [0.717, 1.165) is 51.7 Å². The van der Waals surface area contributed by atoms with Crippen LogP contribution in [0.3, 0.4) is 0 Å². The van der Waals surface area contributed by atoms with Gasteiger partial charge in [0.1, 0.15) is 11.4 Å². The molecule has 0 bridgehead atoms. The predicted octanol–water partition coefficient (Wildman–Crippen LogP) is 4.15. The number of amides is 1. The zero-order valence-electron chi connectivity index (χ0n) is 14.6. The predicted molar refractivity (Wildman–Crippen MR) is 94.6 cm³/mol. The molecule has 1 aromatic carbocycles. The third-order valence-electron chi connectivity index (χ3n) is 5.55. The molecule has 5 heteroatoms. The van der Waals surface area contributed by atoms with Gasteiger partial charge in [-0.3, -0.25) is 9.69 Å². The third kappa shape index (κ3) is 2.95. The minimum atomic E-state index is -0.451. The van der Waals surface area contributed by atoms with Crippen molar-refractivity contribution in [1.29, 1.82) is 0 Å². The Morgan fingerprint density at radius 1 is 1.25 bits per heavy atom. The first-order chi connectivity index (χ1) is 11.5. The maximum absolute atomic E-state index is 14.6. The van der Waals surface area contributed by atoms with Crippen molar-refractivity contribution < 1.29 is 9.18 Å². The maximum Gasteiger partial charge on any atom is 0.243 e. The molecule has 2 heterocycles. The molecule has 24 heavy (non-hydrogen) atoms. The zero-order chi connectivity index (χ0) is 17.3. The summed E-state index contributed by atoms with van der Waals surface area (Å²) in [6.45, 7) is 6.76. The Labute approximate surface area is 148 Å². The number of rotatable bonds is 4. The molecule has 2 aliphatic heterocycles. The molecule has 0 N–H and O–H groups in total. The van der Waals surface area contributed by atoms with E-state index in [1.54, 1.807) is 19.1 Å². The first-order valence-electron chi connectivity index (χ1n) is 8.97. The van der Waals surface area contributed by atoms with Crippen molar-refractivity contribution in [3.05, 3.63) is 34.1 Å². The fourth-order valence-electron chi connectivity index (χ4n) is 4.29. The van der Waals surface area contributed by atoms with Crippen molar-refractivity contribution >= 4 is 17.5 Å². The Kier molecular flexibility index (Phi) is 5.16. The van der Waals surface area contributed by atoms with Crippen LogP contribution in [-0.4, -0.2) is 40.9 Å². The van der Waals surface area contributed by atoms with E-state index in [4.69, 9.17) is 11.6 Å². The number of benzene rings is 1. The number of piperidine rings is 1. The van der Waals surface area contributed by atoms with Gasteiger partial charge >= 0.3 is 0 Å². The number of hydrogen-bond acceptors (Lipinski definition) is 2. The second kappa shape index (κ2) is 7.01. The Balaban J connectivity index is 1.88. The van der Waals surface area contributed by atoms with Gasteiger partial charge in [-0.1, -0.05) is 24.6 Å². The van der Waals surface area contributed by atoms with Gasteiger partial charge < -0.3 is 4.90 Å². The molecule has 132 valence electrons. The van der Waals surface area contributed by atoms with E-state index in [9.17, 15) is 9.18 Å². The van der Waals surface area contributed by atoms with Gasteiger partial charge in [0.05, 0.1) is 0 Å². The molecule has 1 atom stereocenters. The Hall–Kier alpha value is -1.13. The molecule has 0 radical (unpaired) electrons. The second-order valence-electron chi connectivity index (χ2n) is 7.11. The largest absolute Gasteiger partial charge is 0.341 e. The van der Waals surface area contributed by atoms with Crippen molar-refractivity contribution in [2.45, 2.75) is 58.0 Å². The van der Waals surface area contributed by atoms with Crippen LogP contribution >= 0.6 is 11.6 Å². The first-order valence-corrected chi connectivity index (χ1v) is 9.35. The highest BCUT2D eigenvalue weighted by Crippen LogP contribution is 2.40. The van der Waals surface area contributed by atoms with Gasteiger partial charge in [-0.2, -0.15) is 0 Å². The average Bonchev–Trinajstić information content (AvgIpc) is 2.96. The Bertz CT molecular complexity index is 634. The van der Waals surface area contributed by atoms with Gasteiger partial charge in [0, 0.05) is 30.2 Å². The summed E-state index contributed by atoms with van der Waals surface area (Å²) in [5, 5.41) is 0.453. The molecule has 0 aliphatic carbocycles. The summed E-state index contributed by atoms with van der Waals surface area (Å²) in [6, 6.07) is 3.46. The summed E-state index contributed by atoms with van der Waals surface area (Å²) in [5.41, 5.74) is 0.677. The summed E-state index contributed by atoms with van der Waals surface area (Å²) in [7, 11) is 0. The quantitative estimate of drug-likeness (QED) is 0.812. The second-order valence-corrected chi connectivity index (χ2v) is 7.52. The van der Waals surface area contributed by atoms with Crippen LogP contribution in [0.15, 0.2) is 12.1 Å². The van der Waals surface area contributed by atoms with Crippen molar-refractivity contribution in [2.75, 3.05) is 19.6 Å². The average molecular weight is 353 g/mol. The smallest absolute Gasteiger partial charge is 0.243 e. The number of halogens is 2. The molecular weight excluding hydrogens is 327 g/mol. The molecule has 2 aliphatic rings. The van der Waals surface area contributed by atoms with E-state index >= 15 is 0 Å². The van der Waals surface area contributed by atoms with Crippen LogP contribution in [0.5, 0.6) is 0 Å². The lowest BCUT2D eigenvalue weighted by atomic mass is 9.85. The molecule has 0 aromatic heterocycles.